The van der Waals surface area contributed by atoms with Crippen LogP contribution in [0.3, 0.4) is 0 Å². The maximum atomic E-state index is 12.4. The van der Waals surface area contributed by atoms with E-state index in [4.69, 9.17) is 23.2 Å². The van der Waals surface area contributed by atoms with E-state index in [1.165, 1.54) is 11.3 Å². The molecule has 0 fully saturated rings. The number of halogens is 2. The maximum absolute atomic E-state index is 12.4. The van der Waals surface area contributed by atoms with Gasteiger partial charge in [-0.25, -0.2) is 0 Å². The molecule has 0 aliphatic rings. The summed E-state index contributed by atoms with van der Waals surface area (Å²) in [6.07, 6.45) is 3.43. The van der Waals surface area contributed by atoms with Crippen molar-refractivity contribution in [2.45, 2.75) is 13.0 Å². The number of aromatic nitrogens is 2. The maximum Gasteiger partial charge on any atom is 0.263 e. The number of carbonyl (C=O) groups is 1. The zero-order chi connectivity index (χ0) is 15.0. The van der Waals surface area contributed by atoms with Crippen molar-refractivity contribution in [2.75, 3.05) is 0 Å². The van der Waals surface area contributed by atoms with E-state index in [0.717, 1.165) is 15.6 Å². The SMILES string of the molecule is CC(NC(=O)c1sc2cc(Cl)ccc2c1Cl)c1cn[nH]c1. The van der Waals surface area contributed by atoms with Gasteiger partial charge in [-0.15, -0.1) is 11.3 Å². The van der Waals surface area contributed by atoms with E-state index in [2.05, 4.69) is 15.5 Å². The highest BCUT2D eigenvalue weighted by atomic mass is 35.5. The summed E-state index contributed by atoms with van der Waals surface area (Å²) in [7, 11) is 0. The second-order valence-corrected chi connectivity index (χ2v) is 6.48. The Morgan fingerprint density at radius 1 is 1.43 bits per heavy atom. The van der Waals surface area contributed by atoms with E-state index in [1.807, 2.05) is 19.1 Å². The van der Waals surface area contributed by atoms with Gasteiger partial charge in [0.05, 0.1) is 17.3 Å². The molecule has 0 saturated heterocycles. The van der Waals surface area contributed by atoms with E-state index in [0.29, 0.717) is 14.9 Å². The smallest absolute Gasteiger partial charge is 0.263 e. The minimum absolute atomic E-state index is 0.152. The molecule has 0 radical (unpaired) electrons. The summed E-state index contributed by atoms with van der Waals surface area (Å²) in [5.74, 6) is -0.203. The standard InChI is InChI=1S/C14H11Cl2N3OS/c1-7(8-5-17-18-6-8)19-14(20)13-12(16)10-3-2-9(15)4-11(10)21-13/h2-7H,1H3,(H,17,18)(H,19,20). The average molecular weight is 340 g/mol. The first-order valence-electron chi connectivity index (χ1n) is 6.23. The Hall–Kier alpha value is -1.56. The average Bonchev–Trinajstić information content (AvgIpc) is 3.07. The third kappa shape index (κ3) is 2.77. The van der Waals surface area contributed by atoms with Crippen LogP contribution in [-0.2, 0) is 0 Å². The zero-order valence-electron chi connectivity index (χ0n) is 11.0. The Morgan fingerprint density at radius 2 is 2.24 bits per heavy atom. The van der Waals surface area contributed by atoms with Crippen LogP contribution in [0.1, 0.15) is 28.2 Å². The second kappa shape index (κ2) is 5.67. The van der Waals surface area contributed by atoms with E-state index >= 15 is 0 Å². The molecule has 1 unspecified atom stereocenters. The van der Waals surface area contributed by atoms with Gasteiger partial charge in [-0.1, -0.05) is 29.3 Å². The number of fused-ring (bicyclic) bond motifs is 1. The molecule has 108 valence electrons. The molecular weight excluding hydrogens is 329 g/mol. The molecular formula is C14H11Cl2N3OS. The molecule has 3 aromatic rings. The van der Waals surface area contributed by atoms with E-state index in [1.54, 1.807) is 18.5 Å². The minimum Gasteiger partial charge on any atom is -0.345 e. The summed E-state index contributed by atoms with van der Waals surface area (Å²) in [6, 6.07) is 5.25. The largest absolute Gasteiger partial charge is 0.345 e. The van der Waals surface area contributed by atoms with Gasteiger partial charge in [0.15, 0.2) is 0 Å². The Bertz CT molecular complexity index is 798. The van der Waals surface area contributed by atoms with Gasteiger partial charge in [0.25, 0.3) is 5.91 Å². The number of benzene rings is 1. The lowest BCUT2D eigenvalue weighted by Gasteiger charge is -2.11. The highest BCUT2D eigenvalue weighted by Crippen LogP contribution is 2.36. The van der Waals surface area contributed by atoms with Crippen molar-refractivity contribution in [3.63, 3.8) is 0 Å². The van der Waals surface area contributed by atoms with Gasteiger partial charge in [-0.05, 0) is 19.1 Å². The molecule has 1 aromatic carbocycles. The first kappa shape index (κ1) is 14.4. The Kier molecular flexibility index (Phi) is 3.89. The molecule has 7 heteroatoms. The molecule has 0 saturated carbocycles. The van der Waals surface area contributed by atoms with Gasteiger partial charge < -0.3 is 5.32 Å². The van der Waals surface area contributed by atoms with Crippen LogP contribution in [0.15, 0.2) is 30.6 Å². The number of H-pyrrole nitrogens is 1. The summed E-state index contributed by atoms with van der Waals surface area (Å²) in [5.41, 5.74) is 0.906. The predicted molar refractivity (Wildman–Crippen MR) is 86.3 cm³/mol. The molecule has 0 aliphatic carbocycles. The second-order valence-electron chi connectivity index (χ2n) is 4.61. The van der Waals surface area contributed by atoms with Crippen molar-refractivity contribution in [3.05, 3.63) is 51.1 Å². The third-order valence-corrected chi connectivity index (χ3v) is 5.06. The first-order chi connectivity index (χ1) is 10.1. The summed E-state index contributed by atoms with van der Waals surface area (Å²) in [6.45, 7) is 1.89. The number of rotatable bonds is 3. The monoisotopic (exact) mass is 339 g/mol. The van der Waals surface area contributed by atoms with Gasteiger partial charge in [0, 0.05) is 26.9 Å². The topological polar surface area (TPSA) is 57.8 Å². The Morgan fingerprint density at radius 3 is 2.95 bits per heavy atom. The lowest BCUT2D eigenvalue weighted by molar-refractivity contribution is 0.0944. The van der Waals surface area contributed by atoms with Crippen LogP contribution in [0.2, 0.25) is 10.0 Å². The van der Waals surface area contributed by atoms with Crippen molar-refractivity contribution >= 4 is 50.5 Å². The fourth-order valence-corrected chi connectivity index (χ4v) is 3.72. The molecule has 2 N–H and O–H groups in total. The molecule has 3 rings (SSSR count). The first-order valence-corrected chi connectivity index (χ1v) is 7.80. The van der Waals surface area contributed by atoms with E-state index in [-0.39, 0.29) is 11.9 Å². The predicted octanol–water partition coefficient (Wildman–Crippen LogP) is 4.42. The highest BCUT2D eigenvalue weighted by Gasteiger charge is 2.19. The molecule has 4 nitrogen and oxygen atoms in total. The summed E-state index contributed by atoms with van der Waals surface area (Å²) in [4.78, 5) is 12.9. The molecule has 21 heavy (non-hydrogen) atoms. The van der Waals surface area contributed by atoms with Crippen LogP contribution in [0.5, 0.6) is 0 Å². The van der Waals surface area contributed by atoms with Gasteiger partial charge in [-0.3, -0.25) is 9.89 Å². The molecule has 1 amide bonds. The number of nitrogens with zero attached hydrogens (tertiary/aromatic N) is 1. The molecule has 1 atom stereocenters. The summed E-state index contributed by atoms with van der Waals surface area (Å²) >= 11 is 13.6. The fraction of sp³-hybridized carbons (Fsp3) is 0.143. The highest BCUT2D eigenvalue weighted by molar-refractivity contribution is 7.21. The summed E-state index contributed by atoms with van der Waals surface area (Å²) < 4.78 is 0.897. The number of hydrogen-bond donors (Lipinski definition) is 2. The van der Waals surface area contributed by atoms with E-state index < -0.39 is 0 Å². The molecule has 0 bridgehead atoms. The molecule has 0 spiro atoms. The number of thiophene rings is 1. The van der Waals surface area contributed by atoms with Crippen molar-refractivity contribution < 1.29 is 4.79 Å². The Balaban J connectivity index is 1.89. The molecule has 0 aliphatic heterocycles. The molecule has 2 aromatic heterocycles. The van der Waals surface area contributed by atoms with Gasteiger partial charge in [0.2, 0.25) is 0 Å². The van der Waals surface area contributed by atoms with Crippen molar-refractivity contribution in [1.82, 2.24) is 15.5 Å². The quantitative estimate of drug-likeness (QED) is 0.741. The number of carbonyl (C=O) groups excluding carboxylic acids is 1. The van der Waals surface area contributed by atoms with E-state index in [9.17, 15) is 4.79 Å². The van der Waals surface area contributed by atoms with Crippen molar-refractivity contribution in [1.29, 1.82) is 0 Å². The van der Waals surface area contributed by atoms with Gasteiger partial charge >= 0.3 is 0 Å². The lowest BCUT2D eigenvalue weighted by Crippen LogP contribution is -2.25. The van der Waals surface area contributed by atoms with Gasteiger partial charge in [0.1, 0.15) is 4.88 Å². The third-order valence-electron chi connectivity index (χ3n) is 3.16. The zero-order valence-corrected chi connectivity index (χ0v) is 13.3. The minimum atomic E-state index is -0.203. The van der Waals surface area contributed by atoms with Crippen LogP contribution in [-0.4, -0.2) is 16.1 Å². The molecule has 2 heterocycles. The number of nitrogens with one attached hydrogen (secondary N) is 2. The van der Waals surface area contributed by atoms with Crippen molar-refractivity contribution in [2.24, 2.45) is 0 Å². The van der Waals surface area contributed by atoms with Crippen LogP contribution < -0.4 is 5.32 Å². The van der Waals surface area contributed by atoms with Crippen LogP contribution in [0, 0.1) is 0 Å². The van der Waals surface area contributed by atoms with Gasteiger partial charge in [-0.2, -0.15) is 5.10 Å². The lowest BCUT2D eigenvalue weighted by atomic mass is 10.2. The number of hydrogen-bond acceptors (Lipinski definition) is 3. The number of amides is 1. The van der Waals surface area contributed by atoms with Crippen molar-refractivity contribution in [3.8, 4) is 0 Å². The van der Waals surface area contributed by atoms with Crippen LogP contribution >= 0.6 is 34.5 Å². The number of aromatic amines is 1. The van der Waals surface area contributed by atoms with Crippen LogP contribution in [0.25, 0.3) is 10.1 Å². The fourth-order valence-electron chi connectivity index (χ4n) is 2.03. The van der Waals surface area contributed by atoms with Crippen LogP contribution in [0.4, 0.5) is 0 Å². The Labute approximate surface area is 135 Å². The summed E-state index contributed by atoms with van der Waals surface area (Å²) in [5, 5.41) is 11.4. The normalized spacial score (nSPS) is 12.5.